The fraction of sp³-hybridized carbons (Fsp3) is 0.143. The molecule has 0 saturated carbocycles. The fourth-order valence-electron chi connectivity index (χ4n) is 1.63. The Kier molecular flexibility index (Phi) is 4.38. The van der Waals surface area contributed by atoms with E-state index in [1.807, 2.05) is 0 Å². The van der Waals surface area contributed by atoms with Crippen molar-refractivity contribution >= 4 is 17.5 Å². The zero-order valence-electron chi connectivity index (χ0n) is 11.8. The first kappa shape index (κ1) is 15.1. The van der Waals surface area contributed by atoms with Crippen LogP contribution in [0.2, 0.25) is 0 Å². The highest BCUT2D eigenvalue weighted by Gasteiger charge is 2.20. The molecule has 8 nitrogen and oxygen atoms in total. The van der Waals surface area contributed by atoms with Crippen molar-refractivity contribution in [3.05, 3.63) is 41.4 Å². The number of methoxy groups -OCH3 is 1. The van der Waals surface area contributed by atoms with Crippen molar-refractivity contribution in [2.45, 2.75) is 6.92 Å². The summed E-state index contributed by atoms with van der Waals surface area (Å²) in [7, 11) is 1.49. The smallest absolute Gasteiger partial charge is 0.271 e. The number of carbonyl (C=O) groups is 1. The maximum atomic E-state index is 12.1. The summed E-state index contributed by atoms with van der Waals surface area (Å²) in [6, 6.07) is 4.76. The summed E-state index contributed by atoms with van der Waals surface area (Å²) in [6.07, 6.45) is 2.64. The van der Waals surface area contributed by atoms with Crippen LogP contribution in [-0.4, -0.2) is 28.3 Å². The van der Waals surface area contributed by atoms with Gasteiger partial charge in [-0.2, -0.15) is 5.26 Å². The minimum atomic E-state index is -0.793. The van der Waals surface area contributed by atoms with Crippen molar-refractivity contribution in [1.29, 1.82) is 5.26 Å². The van der Waals surface area contributed by atoms with Gasteiger partial charge in [0.15, 0.2) is 11.3 Å². The number of aromatic nitrogens is 2. The Labute approximate surface area is 125 Å². The van der Waals surface area contributed by atoms with Crippen LogP contribution in [-0.2, 0) is 4.79 Å². The zero-order valence-corrected chi connectivity index (χ0v) is 11.8. The second-order valence-electron chi connectivity index (χ2n) is 4.17. The summed E-state index contributed by atoms with van der Waals surface area (Å²) < 4.78 is 9.74. The molecule has 0 unspecified atom stereocenters. The number of nitriles is 1. The van der Waals surface area contributed by atoms with E-state index in [1.165, 1.54) is 25.6 Å². The molecule has 0 aliphatic carbocycles. The van der Waals surface area contributed by atoms with Crippen molar-refractivity contribution in [2.75, 3.05) is 12.4 Å². The van der Waals surface area contributed by atoms with Crippen LogP contribution in [0.4, 0.5) is 5.82 Å². The van der Waals surface area contributed by atoms with E-state index in [4.69, 9.17) is 14.5 Å². The third kappa shape index (κ3) is 3.04. The van der Waals surface area contributed by atoms with Gasteiger partial charge >= 0.3 is 0 Å². The summed E-state index contributed by atoms with van der Waals surface area (Å²) in [5.74, 6) is -0.267. The van der Waals surface area contributed by atoms with Crippen molar-refractivity contribution in [1.82, 2.24) is 10.1 Å². The average Bonchev–Trinajstić information content (AvgIpc) is 2.94. The average molecular weight is 300 g/mol. The van der Waals surface area contributed by atoms with Crippen LogP contribution in [0, 0.1) is 18.3 Å². The number of nitrogens with zero attached hydrogens (tertiary/aromatic N) is 3. The number of hydrogen-bond acceptors (Lipinski definition) is 7. The molecule has 2 aromatic heterocycles. The first-order chi connectivity index (χ1) is 10.6. The van der Waals surface area contributed by atoms with E-state index in [0.29, 0.717) is 11.5 Å². The molecule has 2 aromatic rings. The van der Waals surface area contributed by atoms with Crippen LogP contribution in [0.5, 0.6) is 5.75 Å². The van der Waals surface area contributed by atoms with Gasteiger partial charge in [0.2, 0.25) is 0 Å². The Balaban J connectivity index is 2.26. The second kappa shape index (κ2) is 6.41. The maximum absolute atomic E-state index is 12.1. The Bertz CT molecular complexity index is 756. The van der Waals surface area contributed by atoms with Gasteiger partial charge in [-0.3, -0.25) is 4.79 Å². The third-order valence-corrected chi connectivity index (χ3v) is 2.80. The van der Waals surface area contributed by atoms with Crippen LogP contribution in [0.3, 0.4) is 0 Å². The van der Waals surface area contributed by atoms with Gasteiger partial charge in [0, 0.05) is 0 Å². The van der Waals surface area contributed by atoms with Gasteiger partial charge in [-0.25, -0.2) is 4.98 Å². The van der Waals surface area contributed by atoms with Crippen LogP contribution in [0.25, 0.3) is 5.76 Å². The van der Waals surface area contributed by atoms with Crippen LogP contribution in [0.1, 0.15) is 11.3 Å². The Hall–Kier alpha value is -3.34. The van der Waals surface area contributed by atoms with E-state index < -0.39 is 17.2 Å². The summed E-state index contributed by atoms with van der Waals surface area (Å²) in [5, 5.41) is 25.0. The van der Waals surface area contributed by atoms with Gasteiger partial charge in [0.05, 0.1) is 25.1 Å². The van der Waals surface area contributed by atoms with E-state index in [-0.39, 0.29) is 11.4 Å². The molecule has 0 atom stereocenters. The Morgan fingerprint density at radius 3 is 2.73 bits per heavy atom. The van der Waals surface area contributed by atoms with E-state index in [2.05, 4.69) is 15.5 Å². The molecule has 112 valence electrons. The van der Waals surface area contributed by atoms with Crippen molar-refractivity contribution in [2.24, 2.45) is 0 Å². The second-order valence-corrected chi connectivity index (χ2v) is 4.17. The van der Waals surface area contributed by atoms with Crippen molar-refractivity contribution in [3.63, 3.8) is 0 Å². The summed E-state index contributed by atoms with van der Waals surface area (Å²) in [6.45, 7) is 1.55. The van der Waals surface area contributed by atoms with Gasteiger partial charge < -0.3 is 19.7 Å². The summed E-state index contributed by atoms with van der Waals surface area (Å²) in [4.78, 5) is 16.0. The monoisotopic (exact) mass is 300 g/mol. The number of aliphatic hydroxyl groups excluding tert-OH is 1. The molecule has 0 spiro atoms. The SMILES string of the molecule is COc1ccc(NC(=O)/C(C#N)=C(\O)c2cnoc2C)nc1. The summed E-state index contributed by atoms with van der Waals surface area (Å²) in [5.41, 5.74) is -0.293. The highest BCUT2D eigenvalue weighted by Crippen LogP contribution is 2.20. The number of carbonyl (C=O) groups excluding carboxylic acids is 1. The van der Waals surface area contributed by atoms with E-state index in [1.54, 1.807) is 19.1 Å². The van der Waals surface area contributed by atoms with E-state index in [0.717, 1.165) is 0 Å². The molecule has 0 aliphatic heterocycles. The molecule has 0 bridgehead atoms. The molecule has 0 radical (unpaired) electrons. The van der Waals surface area contributed by atoms with Crippen molar-refractivity contribution < 1.29 is 19.2 Å². The van der Waals surface area contributed by atoms with Gasteiger partial charge in [0.1, 0.15) is 23.4 Å². The van der Waals surface area contributed by atoms with Gasteiger partial charge in [-0.1, -0.05) is 5.16 Å². The molecule has 2 N–H and O–H groups in total. The van der Waals surface area contributed by atoms with Gasteiger partial charge in [0.25, 0.3) is 5.91 Å². The fourth-order valence-corrected chi connectivity index (χ4v) is 1.63. The van der Waals surface area contributed by atoms with Crippen LogP contribution in [0.15, 0.2) is 34.6 Å². The number of amides is 1. The van der Waals surface area contributed by atoms with E-state index in [9.17, 15) is 9.90 Å². The first-order valence-electron chi connectivity index (χ1n) is 6.13. The van der Waals surface area contributed by atoms with Crippen LogP contribution < -0.4 is 10.1 Å². The maximum Gasteiger partial charge on any atom is 0.271 e. The van der Waals surface area contributed by atoms with Crippen LogP contribution >= 0.6 is 0 Å². The lowest BCUT2D eigenvalue weighted by atomic mass is 10.1. The number of aliphatic hydroxyl groups is 1. The Morgan fingerprint density at radius 1 is 1.45 bits per heavy atom. The Morgan fingerprint density at radius 2 is 2.23 bits per heavy atom. The minimum absolute atomic E-state index is 0.175. The predicted molar refractivity (Wildman–Crippen MR) is 75.8 cm³/mol. The number of ether oxygens (including phenoxy) is 1. The highest BCUT2D eigenvalue weighted by atomic mass is 16.5. The standard InChI is InChI=1S/C14H12N4O4/c1-8-11(7-17-22-8)13(19)10(5-15)14(20)18-12-4-3-9(21-2)6-16-12/h3-4,6-7,19H,1-2H3,(H,16,18,20)/b13-10-. The number of aryl methyl sites for hydroxylation is 1. The molecule has 0 aliphatic rings. The molecule has 22 heavy (non-hydrogen) atoms. The third-order valence-electron chi connectivity index (χ3n) is 2.80. The lowest BCUT2D eigenvalue weighted by molar-refractivity contribution is -0.112. The number of hydrogen-bond donors (Lipinski definition) is 2. The number of pyridine rings is 1. The zero-order chi connectivity index (χ0) is 16.1. The molecule has 2 rings (SSSR count). The quantitative estimate of drug-likeness (QED) is 0.501. The number of anilines is 1. The van der Waals surface area contributed by atoms with Gasteiger partial charge in [-0.15, -0.1) is 0 Å². The topological polar surface area (TPSA) is 121 Å². The van der Waals surface area contributed by atoms with Gasteiger partial charge in [-0.05, 0) is 19.1 Å². The molecule has 2 heterocycles. The molecule has 0 saturated heterocycles. The minimum Gasteiger partial charge on any atom is -0.506 e. The predicted octanol–water partition coefficient (Wildman–Crippen LogP) is 1.82. The molecular weight excluding hydrogens is 288 g/mol. The lowest BCUT2D eigenvalue weighted by Gasteiger charge is -2.06. The first-order valence-corrected chi connectivity index (χ1v) is 6.13. The number of nitrogens with one attached hydrogen (secondary N) is 1. The molecule has 8 heteroatoms. The lowest BCUT2D eigenvalue weighted by Crippen LogP contribution is -2.16. The molecule has 0 fully saturated rings. The van der Waals surface area contributed by atoms with Crippen molar-refractivity contribution in [3.8, 4) is 11.8 Å². The summed E-state index contributed by atoms with van der Waals surface area (Å²) >= 11 is 0. The number of rotatable bonds is 4. The molecule has 0 aromatic carbocycles. The molecular formula is C14H12N4O4. The molecule has 1 amide bonds. The normalized spacial score (nSPS) is 11.3. The highest BCUT2D eigenvalue weighted by molar-refractivity contribution is 6.10. The van der Waals surface area contributed by atoms with E-state index >= 15 is 0 Å². The largest absolute Gasteiger partial charge is 0.506 e.